The second kappa shape index (κ2) is 5.86. The number of methoxy groups -OCH3 is 1. The van der Waals surface area contributed by atoms with Gasteiger partial charge in [-0.2, -0.15) is 0 Å². The summed E-state index contributed by atoms with van der Waals surface area (Å²) < 4.78 is 4.66. The number of ether oxygens (including phenoxy) is 1. The van der Waals surface area contributed by atoms with Crippen molar-refractivity contribution in [2.75, 3.05) is 12.4 Å². The monoisotopic (exact) mass is 295 g/mol. The van der Waals surface area contributed by atoms with Gasteiger partial charge in [0.25, 0.3) is 5.91 Å². The van der Waals surface area contributed by atoms with Gasteiger partial charge in [0, 0.05) is 5.38 Å². The van der Waals surface area contributed by atoms with Gasteiger partial charge in [0.2, 0.25) is 0 Å². The molecule has 2 rings (SSSR count). The highest BCUT2D eigenvalue weighted by atomic mass is 35.5. The quantitative estimate of drug-likeness (QED) is 0.883. The molecule has 0 saturated carbocycles. The van der Waals surface area contributed by atoms with Crippen LogP contribution in [-0.4, -0.2) is 19.0 Å². The molecule has 6 heteroatoms. The molecule has 0 radical (unpaired) electrons. The van der Waals surface area contributed by atoms with Crippen molar-refractivity contribution in [3.8, 4) is 0 Å². The van der Waals surface area contributed by atoms with Crippen LogP contribution in [0.4, 0.5) is 5.69 Å². The van der Waals surface area contributed by atoms with Gasteiger partial charge in [0.1, 0.15) is 0 Å². The number of para-hydroxylation sites is 1. The van der Waals surface area contributed by atoms with Crippen LogP contribution in [-0.2, 0) is 4.74 Å². The fourth-order valence-corrected chi connectivity index (χ4v) is 2.46. The number of amides is 1. The number of hydrogen-bond acceptors (Lipinski definition) is 4. The van der Waals surface area contributed by atoms with Crippen LogP contribution < -0.4 is 5.32 Å². The van der Waals surface area contributed by atoms with Crippen molar-refractivity contribution in [2.45, 2.75) is 0 Å². The minimum Gasteiger partial charge on any atom is -0.465 e. The molecule has 0 unspecified atom stereocenters. The van der Waals surface area contributed by atoms with Crippen LogP contribution in [0, 0.1) is 0 Å². The number of nitrogens with one attached hydrogen (secondary N) is 1. The van der Waals surface area contributed by atoms with Crippen LogP contribution in [0.15, 0.2) is 35.7 Å². The molecule has 2 aromatic rings. The molecular formula is C13H10ClNO3S. The summed E-state index contributed by atoms with van der Waals surface area (Å²) >= 11 is 7.00. The maximum absolute atomic E-state index is 12.0. The highest BCUT2D eigenvalue weighted by Gasteiger charge is 2.15. The van der Waals surface area contributed by atoms with E-state index in [1.54, 1.807) is 35.7 Å². The zero-order valence-electron chi connectivity index (χ0n) is 9.98. The number of benzene rings is 1. The molecule has 19 heavy (non-hydrogen) atoms. The van der Waals surface area contributed by atoms with Crippen molar-refractivity contribution in [1.29, 1.82) is 0 Å². The summed E-state index contributed by atoms with van der Waals surface area (Å²) in [6, 6.07) is 8.22. The van der Waals surface area contributed by atoms with E-state index in [9.17, 15) is 9.59 Å². The van der Waals surface area contributed by atoms with E-state index in [1.807, 2.05) is 0 Å². The van der Waals surface area contributed by atoms with E-state index < -0.39 is 5.97 Å². The van der Waals surface area contributed by atoms with Crippen LogP contribution in [0.5, 0.6) is 0 Å². The third kappa shape index (κ3) is 3.13. The first kappa shape index (κ1) is 13.6. The van der Waals surface area contributed by atoms with E-state index in [4.69, 9.17) is 11.6 Å². The van der Waals surface area contributed by atoms with E-state index in [1.165, 1.54) is 18.4 Å². The van der Waals surface area contributed by atoms with Crippen LogP contribution in [0.2, 0.25) is 5.02 Å². The van der Waals surface area contributed by atoms with E-state index in [2.05, 4.69) is 10.1 Å². The molecule has 1 heterocycles. The molecule has 0 aliphatic rings. The summed E-state index contributed by atoms with van der Waals surface area (Å²) in [5.74, 6) is -0.812. The SMILES string of the molecule is COC(=O)c1ccccc1NC(=O)c1cc(Cl)cs1. The predicted octanol–water partition coefficient (Wildman–Crippen LogP) is 3.44. The normalized spacial score (nSPS) is 10.0. The van der Waals surface area contributed by atoms with Crippen LogP contribution in [0.3, 0.4) is 0 Å². The second-order valence-electron chi connectivity index (χ2n) is 3.62. The molecule has 0 bridgehead atoms. The minimum atomic E-state index is -0.500. The molecule has 0 atom stereocenters. The number of carbonyl (C=O) groups excluding carboxylic acids is 2. The van der Waals surface area contributed by atoms with Crippen molar-refractivity contribution >= 4 is 40.5 Å². The van der Waals surface area contributed by atoms with Gasteiger partial charge >= 0.3 is 5.97 Å². The summed E-state index contributed by atoms with van der Waals surface area (Å²) in [6.07, 6.45) is 0. The van der Waals surface area contributed by atoms with E-state index in [-0.39, 0.29) is 5.91 Å². The van der Waals surface area contributed by atoms with E-state index in [0.29, 0.717) is 21.2 Å². The summed E-state index contributed by atoms with van der Waals surface area (Å²) in [4.78, 5) is 24.0. The van der Waals surface area contributed by atoms with Gasteiger partial charge in [-0.3, -0.25) is 4.79 Å². The molecule has 0 aliphatic heterocycles. The molecule has 0 aliphatic carbocycles. The molecule has 1 aromatic heterocycles. The Morgan fingerprint density at radius 2 is 2.05 bits per heavy atom. The average molecular weight is 296 g/mol. The third-order valence-electron chi connectivity index (χ3n) is 2.37. The number of hydrogen-bond donors (Lipinski definition) is 1. The maximum Gasteiger partial charge on any atom is 0.339 e. The Labute approximate surface area is 119 Å². The predicted molar refractivity (Wildman–Crippen MR) is 75.1 cm³/mol. The summed E-state index contributed by atoms with van der Waals surface area (Å²) in [7, 11) is 1.29. The molecule has 98 valence electrons. The van der Waals surface area contributed by atoms with Gasteiger partial charge in [0.15, 0.2) is 0 Å². The standard InChI is InChI=1S/C13H10ClNO3S/c1-18-13(17)9-4-2-3-5-10(9)15-12(16)11-6-8(14)7-19-11/h2-7H,1H3,(H,15,16). The van der Waals surface area contributed by atoms with Gasteiger partial charge in [-0.05, 0) is 18.2 Å². The first-order valence-electron chi connectivity index (χ1n) is 5.34. The van der Waals surface area contributed by atoms with Crippen LogP contribution >= 0.6 is 22.9 Å². The van der Waals surface area contributed by atoms with Crippen molar-refractivity contribution in [2.24, 2.45) is 0 Å². The highest BCUT2D eigenvalue weighted by Crippen LogP contribution is 2.22. The van der Waals surface area contributed by atoms with Crippen LogP contribution in [0.1, 0.15) is 20.0 Å². The van der Waals surface area contributed by atoms with Gasteiger partial charge in [-0.15, -0.1) is 11.3 Å². The lowest BCUT2D eigenvalue weighted by atomic mass is 10.2. The van der Waals surface area contributed by atoms with Crippen molar-refractivity contribution in [3.63, 3.8) is 0 Å². The topological polar surface area (TPSA) is 55.4 Å². The second-order valence-corrected chi connectivity index (χ2v) is 4.97. The third-order valence-corrected chi connectivity index (χ3v) is 3.65. The van der Waals surface area contributed by atoms with Gasteiger partial charge < -0.3 is 10.1 Å². The van der Waals surface area contributed by atoms with E-state index in [0.717, 1.165) is 0 Å². The fraction of sp³-hybridized carbons (Fsp3) is 0.0769. The Bertz CT molecular complexity index is 624. The Morgan fingerprint density at radius 3 is 2.68 bits per heavy atom. The lowest BCUT2D eigenvalue weighted by Gasteiger charge is -2.08. The summed E-state index contributed by atoms with van der Waals surface area (Å²) in [5.41, 5.74) is 0.713. The smallest absolute Gasteiger partial charge is 0.339 e. The molecule has 0 fully saturated rings. The van der Waals surface area contributed by atoms with Crippen molar-refractivity contribution in [3.05, 3.63) is 51.2 Å². The zero-order valence-corrected chi connectivity index (χ0v) is 11.5. The molecule has 1 N–H and O–H groups in total. The Kier molecular flexibility index (Phi) is 4.19. The zero-order chi connectivity index (χ0) is 13.8. The Balaban J connectivity index is 2.24. The molecule has 4 nitrogen and oxygen atoms in total. The van der Waals surface area contributed by atoms with Gasteiger partial charge in [-0.25, -0.2) is 4.79 Å². The molecule has 1 amide bonds. The minimum absolute atomic E-state index is 0.306. The number of carbonyl (C=O) groups is 2. The Hall–Kier alpha value is -1.85. The number of halogens is 1. The van der Waals surface area contributed by atoms with Crippen molar-refractivity contribution in [1.82, 2.24) is 0 Å². The van der Waals surface area contributed by atoms with Crippen LogP contribution in [0.25, 0.3) is 0 Å². The summed E-state index contributed by atoms with van der Waals surface area (Å²) in [5, 5.41) is 4.85. The average Bonchev–Trinajstić information content (AvgIpc) is 2.85. The van der Waals surface area contributed by atoms with E-state index >= 15 is 0 Å². The first-order valence-corrected chi connectivity index (χ1v) is 6.60. The number of rotatable bonds is 3. The lowest BCUT2D eigenvalue weighted by Crippen LogP contribution is -2.14. The molecule has 1 aromatic carbocycles. The van der Waals surface area contributed by atoms with Crippen molar-refractivity contribution < 1.29 is 14.3 Å². The largest absolute Gasteiger partial charge is 0.465 e. The maximum atomic E-state index is 12.0. The number of anilines is 1. The van der Waals surface area contributed by atoms with Gasteiger partial charge in [0.05, 0.1) is 28.3 Å². The lowest BCUT2D eigenvalue weighted by molar-refractivity contribution is 0.0602. The summed E-state index contributed by atoms with van der Waals surface area (Å²) in [6.45, 7) is 0. The molecule has 0 saturated heterocycles. The molecular weight excluding hydrogens is 286 g/mol. The fourth-order valence-electron chi connectivity index (χ4n) is 1.50. The highest BCUT2D eigenvalue weighted by molar-refractivity contribution is 7.12. The molecule has 0 spiro atoms. The number of thiophene rings is 1. The first-order chi connectivity index (χ1) is 9.11. The number of esters is 1. The van der Waals surface area contributed by atoms with Gasteiger partial charge in [-0.1, -0.05) is 23.7 Å². The Morgan fingerprint density at radius 1 is 1.32 bits per heavy atom.